The molecule has 0 aliphatic rings. The molecule has 0 spiro atoms. The third-order valence-corrected chi connectivity index (χ3v) is 5.83. The van der Waals surface area contributed by atoms with E-state index < -0.39 is 6.04 Å². The standard InChI is InChI=1S/C27H32N2O2/c1-4-25(27(31)28-5-2)29(19-23-13-7-6-11-20(23)3)26(30)18-17-22-15-10-14-21-12-8-9-16-24(21)22/h6-16,25H,4-5,17-19H2,1-3H3,(H,28,31). The molecule has 0 bridgehead atoms. The number of hydrogen-bond donors (Lipinski definition) is 1. The average molecular weight is 417 g/mol. The van der Waals surface area contributed by atoms with E-state index in [2.05, 4.69) is 29.6 Å². The van der Waals surface area contributed by atoms with E-state index in [1.807, 2.05) is 63.2 Å². The minimum atomic E-state index is -0.473. The van der Waals surface area contributed by atoms with Crippen molar-refractivity contribution in [2.45, 2.75) is 52.6 Å². The fraction of sp³-hybridized carbons (Fsp3) is 0.333. The molecule has 4 nitrogen and oxygen atoms in total. The van der Waals surface area contributed by atoms with E-state index in [9.17, 15) is 9.59 Å². The number of nitrogens with one attached hydrogen (secondary N) is 1. The first-order chi connectivity index (χ1) is 15.0. The number of benzene rings is 3. The molecule has 1 atom stereocenters. The fourth-order valence-corrected chi connectivity index (χ4v) is 4.08. The summed E-state index contributed by atoms with van der Waals surface area (Å²) in [5.41, 5.74) is 3.36. The Kier molecular flexibility index (Phi) is 7.82. The lowest BCUT2D eigenvalue weighted by Crippen LogP contribution is -2.49. The second-order valence-electron chi connectivity index (χ2n) is 7.91. The Morgan fingerprint density at radius 2 is 1.58 bits per heavy atom. The van der Waals surface area contributed by atoms with Crippen LogP contribution >= 0.6 is 0 Å². The van der Waals surface area contributed by atoms with Gasteiger partial charge in [0, 0.05) is 19.5 Å². The Bertz CT molecular complexity index is 1040. The molecule has 0 aromatic heterocycles. The molecule has 3 aromatic carbocycles. The summed E-state index contributed by atoms with van der Waals surface area (Å²) in [6, 6.07) is 22.0. The number of hydrogen-bond acceptors (Lipinski definition) is 2. The van der Waals surface area contributed by atoms with Crippen LogP contribution in [-0.2, 0) is 22.6 Å². The highest BCUT2D eigenvalue weighted by Crippen LogP contribution is 2.21. The van der Waals surface area contributed by atoms with Crippen LogP contribution in [0, 0.1) is 6.92 Å². The maximum Gasteiger partial charge on any atom is 0.242 e. The molecule has 0 aliphatic carbocycles. The predicted octanol–water partition coefficient (Wildman–Crippen LogP) is 5.02. The van der Waals surface area contributed by atoms with Crippen LogP contribution < -0.4 is 5.32 Å². The number of fused-ring (bicyclic) bond motifs is 1. The summed E-state index contributed by atoms with van der Waals surface area (Å²) in [6.07, 6.45) is 1.60. The highest BCUT2D eigenvalue weighted by Gasteiger charge is 2.28. The van der Waals surface area contributed by atoms with Crippen molar-refractivity contribution < 1.29 is 9.59 Å². The summed E-state index contributed by atoms with van der Waals surface area (Å²) in [5.74, 6) is -0.0774. The van der Waals surface area contributed by atoms with Crippen molar-refractivity contribution in [3.8, 4) is 0 Å². The summed E-state index contributed by atoms with van der Waals surface area (Å²) in [6.45, 7) is 6.90. The molecule has 162 valence electrons. The van der Waals surface area contributed by atoms with Gasteiger partial charge in [-0.15, -0.1) is 0 Å². The van der Waals surface area contributed by atoms with Crippen LogP contribution in [0.25, 0.3) is 10.8 Å². The molecule has 1 N–H and O–H groups in total. The lowest BCUT2D eigenvalue weighted by atomic mass is 10.00. The van der Waals surface area contributed by atoms with Gasteiger partial charge in [0.2, 0.25) is 11.8 Å². The SMILES string of the molecule is CCNC(=O)C(CC)N(Cc1ccccc1C)C(=O)CCc1cccc2ccccc12. The van der Waals surface area contributed by atoms with Crippen molar-refractivity contribution in [1.82, 2.24) is 10.2 Å². The van der Waals surface area contributed by atoms with Crippen LogP contribution in [0.4, 0.5) is 0 Å². The largest absolute Gasteiger partial charge is 0.355 e. The quantitative estimate of drug-likeness (QED) is 0.532. The molecule has 0 saturated heterocycles. The number of amides is 2. The van der Waals surface area contributed by atoms with Crippen LogP contribution in [-0.4, -0.2) is 29.3 Å². The van der Waals surface area contributed by atoms with Crippen molar-refractivity contribution in [2.75, 3.05) is 6.54 Å². The number of carbonyl (C=O) groups excluding carboxylic acids is 2. The Morgan fingerprint density at radius 3 is 2.32 bits per heavy atom. The molecule has 0 aliphatic heterocycles. The minimum Gasteiger partial charge on any atom is -0.355 e. The van der Waals surface area contributed by atoms with Gasteiger partial charge in [0.05, 0.1) is 0 Å². The average Bonchev–Trinajstić information content (AvgIpc) is 2.78. The van der Waals surface area contributed by atoms with E-state index in [1.54, 1.807) is 4.90 Å². The maximum absolute atomic E-state index is 13.4. The van der Waals surface area contributed by atoms with Crippen LogP contribution in [0.3, 0.4) is 0 Å². The molecule has 0 heterocycles. The smallest absolute Gasteiger partial charge is 0.242 e. The van der Waals surface area contributed by atoms with Gasteiger partial charge in [-0.2, -0.15) is 0 Å². The van der Waals surface area contributed by atoms with Crippen molar-refractivity contribution in [2.24, 2.45) is 0 Å². The molecule has 3 rings (SSSR count). The molecule has 0 fully saturated rings. The Hall–Kier alpha value is -3.14. The zero-order chi connectivity index (χ0) is 22.2. The third-order valence-electron chi connectivity index (χ3n) is 5.83. The summed E-state index contributed by atoms with van der Waals surface area (Å²) in [5, 5.41) is 5.26. The van der Waals surface area contributed by atoms with Crippen molar-refractivity contribution in [3.63, 3.8) is 0 Å². The Morgan fingerprint density at radius 1 is 0.903 bits per heavy atom. The number of carbonyl (C=O) groups is 2. The zero-order valence-electron chi connectivity index (χ0n) is 18.7. The topological polar surface area (TPSA) is 49.4 Å². The first-order valence-corrected chi connectivity index (χ1v) is 11.1. The summed E-state index contributed by atoms with van der Waals surface area (Å²) in [4.78, 5) is 27.9. The molecule has 0 saturated carbocycles. The van der Waals surface area contributed by atoms with Gasteiger partial charge in [-0.25, -0.2) is 0 Å². The van der Waals surface area contributed by atoms with Crippen LogP contribution in [0.1, 0.15) is 43.4 Å². The van der Waals surface area contributed by atoms with Gasteiger partial charge in [0.15, 0.2) is 0 Å². The molecule has 3 aromatic rings. The second kappa shape index (κ2) is 10.8. The van der Waals surface area contributed by atoms with Crippen molar-refractivity contribution in [1.29, 1.82) is 0 Å². The fourth-order valence-electron chi connectivity index (χ4n) is 4.08. The highest BCUT2D eigenvalue weighted by atomic mass is 16.2. The molecule has 0 radical (unpaired) electrons. The van der Waals surface area contributed by atoms with Crippen molar-refractivity contribution in [3.05, 3.63) is 83.4 Å². The molecular formula is C27H32N2O2. The number of nitrogens with zero attached hydrogens (tertiary/aromatic N) is 1. The lowest BCUT2D eigenvalue weighted by molar-refractivity contribution is -0.141. The number of likely N-dealkylation sites (N-methyl/N-ethyl adjacent to an activating group) is 1. The van der Waals surface area contributed by atoms with Crippen LogP contribution in [0.15, 0.2) is 66.7 Å². The zero-order valence-corrected chi connectivity index (χ0v) is 18.7. The van der Waals surface area contributed by atoms with Gasteiger partial charge in [-0.05, 0) is 54.2 Å². The lowest BCUT2D eigenvalue weighted by Gasteiger charge is -2.31. The normalized spacial score (nSPS) is 11.8. The van der Waals surface area contributed by atoms with E-state index in [-0.39, 0.29) is 11.8 Å². The van der Waals surface area contributed by atoms with E-state index in [4.69, 9.17) is 0 Å². The van der Waals surface area contributed by atoms with Gasteiger partial charge in [-0.1, -0.05) is 73.7 Å². The van der Waals surface area contributed by atoms with Gasteiger partial charge in [0.1, 0.15) is 6.04 Å². The Balaban J connectivity index is 1.84. The van der Waals surface area contributed by atoms with Crippen LogP contribution in [0.5, 0.6) is 0 Å². The van der Waals surface area contributed by atoms with Gasteiger partial charge >= 0.3 is 0 Å². The van der Waals surface area contributed by atoms with Gasteiger partial charge in [0.25, 0.3) is 0 Å². The summed E-state index contributed by atoms with van der Waals surface area (Å²) < 4.78 is 0. The predicted molar refractivity (Wildman–Crippen MR) is 127 cm³/mol. The summed E-state index contributed by atoms with van der Waals surface area (Å²) >= 11 is 0. The van der Waals surface area contributed by atoms with Gasteiger partial charge < -0.3 is 10.2 Å². The van der Waals surface area contributed by atoms with Crippen molar-refractivity contribution >= 4 is 22.6 Å². The summed E-state index contributed by atoms with van der Waals surface area (Å²) in [7, 11) is 0. The molecule has 31 heavy (non-hydrogen) atoms. The molecule has 1 unspecified atom stereocenters. The van der Waals surface area contributed by atoms with E-state index in [0.29, 0.717) is 32.4 Å². The first-order valence-electron chi connectivity index (χ1n) is 11.1. The Labute approximate surface area is 185 Å². The monoisotopic (exact) mass is 416 g/mol. The number of aryl methyl sites for hydroxylation is 2. The van der Waals surface area contributed by atoms with E-state index in [1.165, 1.54) is 10.8 Å². The van der Waals surface area contributed by atoms with Crippen LogP contribution in [0.2, 0.25) is 0 Å². The second-order valence-corrected chi connectivity index (χ2v) is 7.91. The minimum absolute atomic E-state index is 0.00860. The highest BCUT2D eigenvalue weighted by molar-refractivity contribution is 5.89. The third kappa shape index (κ3) is 5.52. The first kappa shape index (κ1) is 22.5. The molecular weight excluding hydrogens is 384 g/mol. The number of rotatable bonds is 9. The van der Waals surface area contributed by atoms with E-state index >= 15 is 0 Å². The molecule has 2 amide bonds. The van der Waals surface area contributed by atoms with E-state index in [0.717, 1.165) is 16.7 Å². The maximum atomic E-state index is 13.4. The molecule has 4 heteroatoms. The van der Waals surface area contributed by atoms with Gasteiger partial charge in [-0.3, -0.25) is 9.59 Å².